The number of nitrogens with zero attached hydrogens (tertiary/aromatic N) is 4. The Hall–Kier alpha value is -3.02. The highest BCUT2D eigenvalue weighted by Gasteiger charge is 2.26. The number of hydrogen-bond donors (Lipinski definition) is 1. The smallest absolute Gasteiger partial charge is 0.264 e. The molecule has 0 spiro atoms. The number of hydrogen-bond acceptors (Lipinski definition) is 5. The molecule has 4 rings (SSSR count). The van der Waals surface area contributed by atoms with E-state index in [0.29, 0.717) is 23.5 Å². The molecule has 1 fully saturated rings. The third-order valence-electron chi connectivity index (χ3n) is 5.06. The lowest BCUT2D eigenvalue weighted by molar-refractivity contribution is 0.0714. The summed E-state index contributed by atoms with van der Waals surface area (Å²) in [6.45, 7) is 1.23. The van der Waals surface area contributed by atoms with Gasteiger partial charge < -0.3 is 10.6 Å². The van der Waals surface area contributed by atoms with E-state index in [-0.39, 0.29) is 17.5 Å². The Morgan fingerprint density at radius 2 is 2.21 bits per heavy atom. The van der Waals surface area contributed by atoms with Gasteiger partial charge in [-0.25, -0.2) is 4.39 Å². The van der Waals surface area contributed by atoms with Crippen LogP contribution in [0.4, 0.5) is 4.39 Å². The monoisotopic (exact) mass is 409 g/mol. The van der Waals surface area contributed by atoms with Gasteiger partial charge in [-0.1, -0.05) is 6.07 Å². The van der Waals surface area contributed by atoms with E-state index in [1.807, 2.05) is 19.3 Å². The molecular formula is C21H20FN5OS. The van der Waals surface area contributed by atoms with Gasteiger partial charge in [-0.15, -0.1) is 11.3 Å². The third-order valence-corrected chi connectivity index (χ3v) is 6.23. The Bertz CT molecular complexity index is 1110. The van der Waals surface area contributed by atoms with Gasteiger partial charge in [0.15, 0.2) is 0 Å². The van der Waals surface area contributed by atoms with E-state index in [1.54, 1.807) is 27.9 Å². The Labute approximate surface area is 172 Å². The number of thiophene rings is 1. The molecule has 2 N–H and O–H groups in total. The SMILES string of the molecule is Cn1cc(-c2sc(C(=O)N3CCC[C@@H](N)C3)cc2-c2ccc(C#N)c(F)c2)cn1. The van der Waals surface area contributed by atoms with Crippen LogP contribution in [0.1, 0.15) is 28.1 Å². The van der Waals surface area contributed by atoms with Gasteiger partial charge in [0.1, 0.15) is 11.9 Å². The predicted molar refractivity (Wildman–Crippen MR) is 110 cm³/mol. The van der Waals surface area contributed by atoms with Crippen molar-refractivity contribution in [3.05, 3.63) is 52.9 Å². The Morgan fingerprint density at radius 3 is 2.86 bits per heavy atom. The number of nitriles is 1. The summed E-state index contributed by atoms with van der Waals surface area (Å²) in [5.41, 5.74) is 8.24. The summed E-state index contributed by atoms with van der Waals surface area (Å²) in [5.74, 6) is -0.640. The molecule has 0 radical (unpaired) electrons. The normalized spacial score (nSPS) is 16.6. The molecule has 3 heterocycles. The minimum Gasteiger partial charge on any atom is -0.336 e. The molecule has 29 heavy (non-hydrogen) atoms. The number of carbonyl (C=O) groups is 1. The second-order valence-electron chi connectivity index (χ2n) is 7.22. The van der Waals surface area contributed by atoms with Gasteiger partial charge in [0.25, 0.3) is 5.91 Å². The number of aryl methyl sites for hydroxylation is 1. The number of amides is 1. The number of aromatic nitrogens is 2. The van der Waals surface area contributed by atoms with E-state index < -0.39 is 5.82 Å². The summed E-state index contributed by atoms with van der Waals surface area (Å²) in [6, 6.07) is 8.14. The highest BCUT2D eigenvalue weighted by atomic mass is 32.1. The van der Waals surface area contributed by atoms with Crippen molar-refractivity contribution in [1.82, 2.24) is 14.7 Å². The molecule has 0 unspecified atom stereocenters. The molecule has 1 aliphatic rings. The van der Waals surface area contributed by atoms with E-state index in [2.05, 4.69) is 5.10 Å². The predicted octanol–water partition coefficient (Wildman–Crippen LogP) is 3.39. The number of rotatable bonds is 3. The van der Waals surface area contributed by atoms with Crippen molar-refractivity contribution in [2.24, 2.45) is 12.8 Å². The molecule has 1 aromatic carbocycles. The lowest BCUT2D eigenvalue weighted by atomic mass is 10.0. The molecule has 0 aliphatic carbocycles. The van der Waals surface area contributed by atoms with Crippen LogP contribution in [0.25, 0.3) is 21.6 Å². The second-order valence-corrected chi connectivity index (χ2v) is 8.27. The van der Waals surface area contributed by atoms with E-state index in [4.69, 9.17) is 11.0 Å². The average Bonchev–Trinajstić information content (AvgIpc) is 3.33. The summed E-state index contributed by atoms with van der Waals surface area (Å²) in [4.78, 5) is 16.3. The molecule has 1 aliphatic heterocycles. The van der Waals surface area contributed by atoms with E-state index >= 15 is 0 Å². The zero-order valence-corrected chi connectivity index (χ0v) is 16.7. The number of carbonyl (C=O) groups excluding carboxylic acids is 1. The van der Waals surface area contributed by atoms with Crippen molar-refractivity contribution in [3.63, 3.8) is 0 Å². The highest BCUT2D eigenvalue weighted by Crippen LogP contribution is 2.40. The summed E-state index contributed by atoms with van der Waals surface area (Å²) >= 11 is 1.37. The van der Waals surface area contributed by atoms with Crippen molar-refractivity contribution in [3.8, 4) is 27.6 Å². The van der Waals surface area contributed by atoms with Crippen LogP contribution in [0.5, 0.6) is 0 Å². The first-order valence-corrected chi connectivity index (χ1v) is 10.2. The second kappa shape index (κ2) is 7.78. The van der Waals surface area contributed by atoms with Gasteiger partial charge in [-0.05, 0) is 36.6 Å². The number of piperidine rings is 1. The lowest BCUT2D eigenvalue weighted by Gasteiger charge is -2.30. The molecule has 2 aromatic heterocycles. The van der Waals surface area contributed by atoms with Crippen LogP contribution in [-0.2, 0) is 7.05 Å². The fraction of sp³-hybridized carbons (Fsp3) is 0.286. The first kappa shape index (κ1) is 19.3. The standard InChI is InChI=1S/C21H20FN5OS/c1-26-11-15(10-25-26)20-17(13-4-5-14(9-23)18(22)7-13)8-19(29-20)21(28)27-6-2-3-16(24)12-27/h4-5,7-8,10-11,16H,2-3,6,12,24H2,1H3/t16-/m1/s1. The zero-order chi connectivity index (χ0) is 20.5. The molecule has 0 saturated carbocycles. The first-order valence-electron chi connectivity index (χ1n) is 9.34. The van der Waals surface area contributed by atoms with Crippen molar-refractivity contribution in [2.75, 3.05) is 13.1 Å². The maximum Gasteiger partial charge on any atom is 0.264 e. The molecule has 0 bridgehead atoms. The number of likely N-dealkylation sites (tertiary alicyclic amines) is 1. The Morgan fingerprint density at radius 1 is 1.38 bits per heavy atom. The van der Waals surface area contributed by atoms with Gasteiger partial charge in [0.05, 0.1) is 16.6 Å². The molecule has 6 nitrogen and oxygen atoms in total. The van der Waals surface area contributed by atoms with Crippen molar-refractivity contribution in [1.29, 1.82) is 5.26 Å². The summed E-state index contributed by atoms with van der Waals surface area (Å²) in [7, 11) is 1.82. The lowest BCUT2D eigenvalue weighted by Crippen LogP contribution is -2.45. The minimum atomic E-state index is -0.580. The first-order chi connectivity index (χ1) is 14.0. The molecule has 148 valence electrons. The summed E-state index contributed by atoms with van der Waals surface area (Å²) in [6.07, 6.45) is 5.40. The van der Waals surface area contributed by atoms with Crippen LogP contribution in [0, 0.1) is 17.1 Å². The fourth-order valence-corrected chi connectivity index (χ4v) is 4.71. The van der Waals surface area contributed by atoms with Gasteiger partial charge >= 0.3 is 0 Å². The summed E-state index contributed by atoms with van der Waals surface area (Å²) < 4.78 is 15.9. The minimum absolute atomic E-state index is 0.00227. The maximum atomic E-state index is 14.2. The van der Waals surface area contributed by atoms with Crippen molar-refractivity contribution < 1.29 is 9.18 Å². The highest BCUT2D eigenvalue weighted by molar-refractivity contribution is 7.18. The summed E-state index contributed by atoms with van der Waals surface area (Å²) in [5, 5.41) is 13.2. The Kier molecular flexibility index (Phi) is 5.18. The number of benzene rings is 1. The number of nitrogens with two attached hydrogens (primary N) is 1. The van der Waals surface area contributed by atoms with E-state index in [9.17, 15) is 9.18 Å². The molecule has 3 aromatic rings. The van der Waals surface area contributed by atoms with Gasteiger partial charge in [-0.3, -0.25) is 9.48 Å². The van der Waals surface area contributed by atoms with Gasteiger partial charge in [0, 0.05) is 48.4 Å². The van der Waals surface area contributed by atoms with Gasteiger partial charge in [0.2, 0.25) is 0 Å². The van der Waals surface area contributed by atoms with Crippen molar-refractivity contribution >= 4 is 17.2 Å². The quantitative estimate of drug-likeness (QED) is 0.718. The molecule has 8 heteroatoms. The maximum absolute atomic E-state index is 14.2. The van der Waals surface area contributed by atoms with Crippen LogP contribution in [0.15, 0.2) is 36.7 Å². The molecule has 1 saturated heterocycles. The Balaban J connectivity index is 1.78. The average molecular weight is 409 g/mol. The topological polar surface area (TPSA) is 87.9 Å². The number of halogens is 1. The molecule has 1 amide bonds. The van der Waals surface area contributed by atoms with Crippen LogP contribution < -0.4 is 5.73 Å². The fourth-order valence-electron chi connectivity index (χ4n) is 3.59. The van der Waals surface area contributed by atoms with Crippen LogP contribution in [0.2, 0.25) is 0 Å². The van der Waals surface area contributed by atoms with Crippen LogP contribution in [0.3, 0.4) is 0 Å². The van der Waals surface area contributed by atoms with Crippen LogP contribution in [-0.4, -0.2) is 39.7 Å². The van der Waals surface area contributed by atoms with Crippen molar-refractivity contribution in [2.45, 2.75) is 18.9 Å². The molecule has 1 atom stereocenters. The largest absolute Gasteiger partial charge is 0.336 e. The van der Waals surface area contributed by atoms with E-state index in [0.717, 1.165) is 28.8 Å². The van der Waals surface area contributed by atoms with Gasteiger partial charge in [-0.2, -0.15) is 10.4 Å². The molecular weight excluding hydrogens is 389 g/mol. The van der Waals surface area contributed by atoms with Crippen LogP contribution >= 0.6 is 11.3 Å². The third kappa shape index (κ3) is 3.79. The zero-order valence-electron chi connectivity index (χ0n) is 15.9. The van der Waals surface area contributed by atoms with E-state index in [1.165, 1.54) is 23.5 Å².